The summed E-state index contributed by atoms with van der Waals surface area (Å²) in [7, 11) is 0. The lowest BCUT2D eigenvalue weighted by atomic mass is 10.1. The molecule has 5 nitrogen and oxygen atoms in total. The summed E-state index contributed by atoms with van der Waals surface area (Å²) in [5.41, 5.74) is -0.0953. The van der Waals surface area contributed by atoms with Crippen molar-refractivity contribution in [1.82, 2.24) is 9.97 Å². The minimum absolute atomic E-state index is 0.00790. The van der Waals surface area contributed by atoms with Crippen LogP contribution in [0.25, 0.3) is 22.7 Å². The molecule has 3 rings (SSSR count). The van der Waals surface area contributed by atoms with Crippen LogP contribution < -0.4 is 5.56 Å². The number of furan rings is 1. The van der Waals surface area contributed by atoms with E-state index in [2.05, 4.69) is 9.97 Å². The molecular formula is C15H11FN2O3. The monoisotopic (exact) mass is 286 g/mol. The highest BCUT2D eigenvalue weighted by Gasteiger charge is 2.18. The maximum atomic E-state index is 13.8. The molecule has 0 aliphatic heterocycles. The van der Waals surface area contributed by atoms with Crippen molar-refractivity contribution in [3.63, 3.8) is 0 Å². The minimum atomic E-state index is -0.640. The topological polar surface area (TPSA) is 79.1 Å². The Morgan fingerprint density at radius 3 is 2.67 bits per heavy atom. The van der Waals surface area contributed by atoms with Gasteiger partial charge in [0.05, 0.1) is 6.26 Å². The Morgan fingerprint density at radius 2 is 2.05 bits per heavy atom. The molecule has 6 heteroatoms. The summed E-state index contributed by atoms with van der Waals surface area (Å²) < 4.78 is 19.0. The van der Waals surface area contributed by atoms with E-state index in [1.807, 2.05) is 0 Å². The molecule has 106 valence electrons. The number of H-pyrrole nitrogens is 1. The number of aromatic hydroxyl groups is 1. The Kier molecular flexibility index (Phi) is 3.06. The molecule has 0 aliphatic carbocycles. The lowest BCUT2D eigenvalue weighted by Crippen LogP contribution is -2.12. The van der Waals surface area contributed by atoms with Crippen molar-refractivity contribution >= 4 is 0 Å². The third-order valence-corrected chi connectivity index (χ3v) is 3.12. The zero-order valence-corrected chi connectivity index (χ0v) is 11.1. The molecule has 0 fully saturated rings. The van der Waals surface area contributed by atoms with Crippen molar-refractivity contribution in [1.29, 1.82) is 0 Å². The van der Waals surface area contributed by atoms with E-state index in [1.165, 1.54) is 24.5 Å². The molecule has 2 heterocycles. The fraction of sp³-hybridized carbons (Fsp3) is 0.0667. The maximum absolute atomic E-state index is 13.8. The first-order valence-corrected chi connectivity index (χ1v) is 6.20. The third kappa shape index (κ3) is 2.20. The first-order chi connectivity index (χ1) is 10.1. The highest BCUT2D eigenvalue weighted by Crippen LogP contribution is 2.28. The molecule has 0 spiro atoms. The van der Waals surface area contributed by atoms with Crippen LogP contribution in [0.2, 0.25) is 0 Å². The number of aromatic amines is 1. The lowest BCUT2D eigenvalue weighted by Gasteiger charge is -2.06. The lowest BCUT2D eigenvalue weighted by molar-refractivity contribution is 0.452. The Morgan fingerprint density at radius 1 is 1.29 bits per heavy atom. The number of aromatic nitrogens is 2. The highest BCUT2D eigenvalue weighted by molar-refractivity contribution is 5.69. The van der Waals surface area contributed by atoms with Crippen LogP contribution in [0.1, 0.15) is 5.56 Å². The highest BCUT2D eigenvalue weighted by atomic mass is 19.1. The Labute approximate surface area is 118 Å². The van der Waals surface area contributed by atoms with Crippen molar-refractivity contribution < 1.29 is 13.9 Å². The molecule has 0 unspecified atom stereocenters. The predicted octanol–water partition coefficient (Wildman–Crippen LogP) is 2.85. The average Bonchev–Trinajstić information content (AvgIpc) is 2.86. The molecule has 21 heavy (non-hydrogen) atoms. The summed E-state index contributed by atoms with van der Waals surface area (Å²) in [6.07, 6.45) is 1.45. The van der Waals surface area contributed by atoms with Crippen LogP contribution in [0.15, 0.2) is 45.8 Å². The molecule has 0 bridgehead atoms. The molecular weight excluding hydrogens is 275 g/mol. The van der Waals surface area contributed by atoms with Gasteiger partial charge in [0.25, 0.3) is 5.56 Å². The van der Waals surface area contributed by atoms with Gasteiger partial charge in [0, 0.05) is 5.56 Å². The van der Waals surface area contributed by atoms with Gasteiger partial charge in [-0.15, -0.1) is 0 Å². The molecule has 0 saturated carbocycles. The Balaban J connectivity index is 2.21. The second kappa shape index (κ2) is 4.90. The fourth-order valence-electron chi connectivity index (χ4n) is 2.09. The second-order valence-electron chi connectivity index (χ2n) is 4.53. The van der Waals surface area contributed by atoms with Crippen molar-refractivity contribution in [2.45, 2.75) is 6.92 Å². The largest absolute Gasteiger partial charge is 0.493 e. The summed E-state index contributed by atoms with van der Waals surface area (Å²) in [4.78, 5) is 18.5. The molecule has 0 aliphatic rings. The maximum Gasteiger partial charge on any atom is 0.263 e. The molecule has 0 amide bonds. The van der Waals surface area contributed by atoms with Crippen molar-refractivity contribution in [2.24, 2.45) is 0 Å². The van der Waals surface area contributed by atoms with E-state index in [1.54, 1.807) is 19.1 Å². The van der Waals surface area contributed by atoms with E-state index >= 15 is 0 Å². The molecule has 1 aromatic carbocycles. The number of hydrogen-bond donors (Lipinski definition) is 2. The predicted molar refractivity (Wildman–Crippen MR) is 74.4 cm³/mol. The number of halogens is 1. The van der Waals surface area contributed by atoms with Crippen LogP contribution in [0, 0.1) is 12.7 Å². The molecule has 0 radical (unpaired) electrons. The van der Waals surface area contributed by atoms with Crippen molar-refractivity contribution in [3.8, 4) is 28.6 Å². The van der Waals surface area contributed by atoms with Crippen LogP contribution in [0.3, 0.4) is 0 Å². The number of nitrogens with one attached hydrogen (secondary N) is 1. The van der Waals surface area contributed by atoms with E-state index in [4.69, 9.17) is 4.42 Å². The van der Waals surface area contributed by atoms with Crippen LogP contribution in [-0.4, -0.2) is 15.1 Å². The van der Waals surface area contributed by atoms with Gasteiger partial charge >= 0.3 is 0 Å². The van der Waals surface area contributed by atoms with Crippen molar-refractivity contribution in [2.75, 3.05) is 0 Å². The fourth-order valence-corrected chi connectivity index (χ4v) is 2.09. The smallest absolute Gasteiger partial charge is 0.263 e. The summed E-state index contributed by atoms with van der Waals surface area (Å²) in [5, 5.41) is 10.0. The van der Waals surface area contributed by atoms with Crippen LogP contribution >= 0.6 is 0 Å². The molecule has 0 saturated heterocycles. The van der Waals surface area contributed by atoms with Crippen molar-refractivity contribution in [3.05, 3.63) is 58.3 Å². The summed E-state index contributed by atoms with van der Waals surface area (Å²) in [5.74, 6) is -0.709. The van der Waals surface area contributed by atoms with Gasteiger partial charge in [-0.05, 0) is 24.6 Å². The summed E-state index contributed by atoms with van der Waals surface area (Å²) >= 11 is 0. The standard InChI is InChI=1S/C15H11FN2O3/c1-8-6-7-21-12(8)13-17-14(19)11(15(20)18-13)9-4-2-3-5-10(9)16/h2-7H,1H3,(H2,17,18,19,20). The quantitative estimate of drug-likeness (QED) is 0.759. The molecule has 0 atom stereocenters. The zero-order chi connectivity index (χ0) is 15.0. The van der Waals surface area contributed by atoms with Crippen LogP contribution in [0.5, 0.6) is 5.88 Å². The summed E-state index contributed by atoms with van der Waals surface area (Å²) in [6.45, 7) is 1.78. The van der Waals surface area contributed by atoms with Crippen LogP contribution in [-0.2, 0) is 0 Å². The first kappa shape index (κ1) is 13.1. The van der Waals surface area contributed by atoms with Gasteiger partial charge in [0.1, 0.15) is 11.4 Å². The van der Waals surface area contributed by atoms with E-state index < -0.39 is 17.3 Å². The van der Waals surface area contributed by atoms with Gasteiger partial charge in [-0.2, -0.15) is 4.98 Å². The van der Waals surface area contributed by atoms with E-state index in [-0.39, 0.29) is 17.0 Å². The minimum Gasteiger partial charge on any atom is -0.493 e. The van der Waals surface area contributed by atoms with E-state index in [0.29, 0.717) is 5.76 Å². The van der Waals surface area contributed by atoms with Crippen LogP contribution in [0.4, 0.5) is 4.39 Å². The number of nitrogens with zero attached hydrogens (tertiary/aromatic N) is 1. The summed E-state index contributed by atoms with van der Waals surface area (Å²) in [6, 6.07) is 7.38. The van der Waals surface area contributed by atoms with Gasteiger partial charge in [0.2, 0.25) is 5.88 Å². The van der Waals surface area contributed by atoms with Gasteiger partial charge in [-0.25, -0.2) is 4.39 Å². The third-order valence-electron chi connectivity index (χ3n) is 3.12. The first-order valence-electron chi connectivity index (χ1n) is 6.20. The number of rotatable bonds is 2. The van der Waals surface area contributed by atoms with Gasteiger partial charge in [-0.1, -0.05) is 18.2 Å². The zero-order valence-electron chi connectivity index (χ0n) is 11.1. The van der Waals surface area contributed by atoms with Gasteiger partial charge in [0.15, 0.2) is 11.6 Å². The number of hydrogen-bond acceptors (Lipinski definition) is 4. The average molecular weight is 286 g/mol. The normalized spacial score (nSPS) is 10.8. The SMILES string of the molecule is Cc1ccoc1-c1nc(O)c(-c2ccccc2F)c(=O)[nH]1. The van der Waals surface area contributed by atoms with Gasteiger partial charge < -0.3 is 14.5 Å². The molecule has 3 aromatic rings. The Hall–Kier alpha value is -2.89. The number of benzene rings is 1. The molecule has 2 N–H and O–H groups in total. The second-order valence-corrected chi connectivity index (χ2v) is 4.53. The Bertz CT molecular complexity index is 867. The molecule has 2 aromatic heterocycles. The van der Waals surface area contributed by atoms with E-state index in [9.17, 15) is 14.3 Å². The van der Waals surface area contributed by atoms with E-state index in [0.717, 1.165) is 5.56 Å². The van der Waals surface area contributed by atoms with Gasteiger partial charge in [-0.3, -0.25) is 4.79 Å². The number of aryl methyl sites for hydroxylation is 1.